The lowest BCUT2D eigenvalue weighted by atomic mass is 9.75. The van der Waals surface area contributed by atoms with Crippen molar-refractivity contribution in [2.45, 2.75) is 38.6 Å². The van der Waals surface area contributed by atoms with Gasteiger partial charge in [-0.1, -0.05) is 35.2 Å². The quantitative estimate of drug-likeness (QED) is 0.763. The highest BCUT2D eigenvalue weighted by atomic mass is 79.9. The second kappa shape index (κ2) is 6.05. The van der Waals surface area contributed by atoms with Crippen LogP contribution >= 0.6 is 15.9 Å². The SMILES string of the molecule is CN(Cc1ccco1)CC1(CBr)CCCCC1. The summed E-state index contributed by atoms with van der Waals surface area (Å²) in [6, 6.07) is 4.02. The van der Waals surface area contributed by atoms with Gasteiger partial charge in [-0.3, -0.25) is 4.90 Å². The highest BCUT2D eigenvalue weighted by molar-refractivity contribution is 9.09. The van der Waals surface area contributed by atoms with E-state index in [0.29, 0.717) is 5.41 Å². The lowest BCUT2D eigenvalue weighted by Gasteiger charge is -2.38. The van der Waals surface area contributed by atoms with Crippen LogP contribution in [0.2, 0.25) is 0 Å². The van der Waals surface area contributed by atoms with E-state index in [2.05, 4.69) is 33.9 Å². The zero-order valence-corrected chi connectivity index (χ0v) is 12.2. The molecule has 17 heavy (non-hydrogen) atoms. The van der Waals surface area contributed by atoms with Gasteiger partial charge in [-0.2, -0.15) is 0 Å². The largest absolute Gasteiger partial charge is 0.468 e. The molecule has 0 spiro atoms. The van der Waals surface area contributed by atoms with E-state index in [-0.39, 0.29) is 0 Å². The molecule has 0 saturated heterocycles. The first-order valence-corrected chi connectivity index (χ1v) is 7.63. The van der Waals surface area contributed by atoms with Crippen LogP contribution in [0.3, 0.4) is 0 Å². The van der Waals surface area contributed by atoms with Gasteiger partial charge in [-0.25, -0.2) is 0 Å². The summed E-state index contributed by atoms with van der Waals surface area (Å²) >= 11 is 3.72. The van der Waals surface area contributed by atoms with Crippen LogP contribution in [0, 0.1) is 5.41 Å². The Morgan fingerprint density at radius 1 is 1.35 bits per heavy atom. The van der Waals surface area contributed by atoms with Gasteiger partial charge in [0.2, 0.25) is 0 Å². The van der Waals surface area contributed by atoms with E-state index < -0.39 is 0 Å². The van der Waals surface area contributed by atoms with E-state index in [1.54, 1.807) is 6.26 Å². The van der Waals surface area contributed by atoms with E-state index in [4.69, 9.17) is 4.42 Å². The second-order valence-electron chi connectivity index (χ2n) is 5.45. The number of rotatable bonds is 5. The first-order valence-electron chi connectivity index (χ1n) is 6.51. The van der Waals surface area contributed by atoms with E-state index in [1.807, 2.05) is 6.07 Å². The van der Waals surface area contributed by atoms with E-state index in [1.165, 1.54) is 38.6 Å². The van der Waals surface area contributed by atoms with Crippen molar-refractivity contribution in [2.24, 2.45) is 5.41 Å². The Morgan fingerprint density at radius 3 is 2.71 bits per heavy atom. The molecule has 3 heteroatoms. The van der Waals surface area contributed by atoms with Gasteiger partial charge in [-0.05, 0) is 37.4 Å². The van der Waals surface area contributed by atoms with Crippen LogP contribution in [-0.2, 0) is 6.54 Å². The number of hydrogen-bond donors (Lipinski definition) is 0. The molecule has 2 nitrogen and oxygen atoms in total. The number of hydrogen-bond acceptors (Lipinski definition) is 2. The van der Waals surface area contributed by atoms with Crippen molar-refractivity contribution in [2.75, 3.05) is 18.9 Å². The molecule has 1 saturated carbocycles. The maximum atomic E-state index is 5.41. The number of halogens is 1. The zero-order chi connectivity index (χ0) is 12.1. The third-order valence-corrected chi connectivity index (χ3v) is 5.00. The Bertz CT molecular complexity index is 317. The smallest absolute Gasteiger partial charge is 0.117 e. The van der Waals surface area contributed by atoms with Crippen molar-refractivity contribution in [1.29, 1.82) is 0 Å². The molecule has 0 radical (unpaired) electrons. The van der Waals surface area contributed by atoms with Crippen LogP contribution in [0.4, 0.5) is 0 Å². The highest BCUT2D eigenvalue weighted by Crippen LogP contribution is 2.38. The molecule has 0 atom stereocenters. The molecule has 1 fully saturated rings. The summed E-state index contributed by atoms with van der Waals surface area (Å²) < 4.78 is 5.41. The minimum absolute atomic E-state index is 0.486. The van der Waals surface area contributed by atoms with Crippen LogP contribution in [0.25, 0.3) is 0 Å². The fraction of sp³-hybridized carbons (Fsp3) is 0.714. The first-order chi connectivity index (χ1) is 8.24. The summed E-state index contributed by atoms with van der Waals surface area (Å²) in [7, 11) is 2.20. The van der Waals surface area contributed by atoms with Crippen LogP contribution in [-0.4, -0.2) is 23.8 Å². The lowest BCUT2D eigenvalue weighted by Crippen LogP contribution is -2.38. The van der Waals surface area contributed by atoms with Crippen molar-refractivity contribution in [3.8, 4) is 0 Å². The summed E-state index contributed by atoms with van der Waals surface area (Å²) in [6.45, 7) is 2.08. The Labute approximate surface area is 112 Å². The molecule has 0 aromatic carbocycles. The van der Waals surface area contributed by atoms with E-state index >= 15 is 0 Å². The summed E-state index contributed by atoms with van der Waals surface area (Å²) in [5.41, 5.74) is 0.486. The monoisotopic (exact) mass is 299 g/mol. The summed E-state index contributed by atoms with van der Waals surface area (Å²) in [5.74, 6) is 1.06. The Morgan fingerprint density at radius 2 is 2.12 bits per heavy atom. The number of furan rings is 1. The van der Waals surface area contributed by atoms with E-state index in [0.717, 1.165) is 17.6 Å². The van der Waals surface area contributed by atoms with E-state index in [9.17, 15) is 0 Å². The molecule has 0 unspecified atom stereocenters. The Balaban J connectivity index is 1.89. The molecule has 1 aliphatic rings. The van der Waals surface area contributed by atoms with Crippen LogP contribution < -0.4 is 0 Å². The van der Waals surface area contributed by atoms with Gasteiger partial charge in [0.25, 0.3) is 0 Å². The normalized spacial score (nSPS) is 19.7. The predicted molar refractivity (Wildman–Crippen MR) is 74.4 cm³/mol. The minimum atomic E-state index is 0.486. The zero-order valence-electron chi connectivity index (χ0n) is 10.6. The molecule has 0 bridgehead atoms. The fourth-order valence-electron chi connectivity index (χ4n) is 2.93. The van der Waals surface area contributed by atoms with Gasteiger partial charge < -0.3 is 4.42 Å². The molecule has 0 aliphatic heterocycles. The third kappa shape index (κ3) is 3.59. The van der Waals surface area contributed by atoms with Crippen LogP contribution in [0.15, 0.2) is 22.8 Å². The maximum Gasteiger partial charge on any atom is 0.117 e. The van der Waals surface area contributed by atoms with Gasteiger partial charge in [-0.15, -0.1) is 0 Å². The highest BCUT2D eigenvalue weighted by Gasteiger charge is 2.32. The molecule has 96 valence electrons. The average molecular weight is 300 g/mol. The molecular formula is C14H22BrNO. The maximum absolute atomic E-state index is 5.41. The molecule has 2 rings (SSSR count). The Kier molecular flexibility index (Phi) is 4.69. The lowest BCUT2D eigenvalue weighted by molar-refractivity contribution is 0.136. The molecule has 1 heterocycles. The van der Waals surface area contributed by atoms with Crippen molar-refractivity contribution < 1.29 is 4.42 Å². The topological polar surface area (TPSA) is 16.4 Å². The Hall–Kier alpha value is -0.280. The summed E-state index contributed by atoms with van der Waals surface area (Å²) in [5, 5.41) is 1.13. The molecular weight excluding hydrogens is 278 g/mol. The van der Waals surface area contributed by atoms with Gasteiger partial charge in [0.05, 0.1) is 12.8 Å². The second-order valence-corrected chi connectivity index (χ2v) is 6.01. The fourth-order valence-corrected chi connectivity index (χ4v) is 3.67. The van der Waals surface area contributed by atoms with Gasteiger partial charge >= 0.3 is 0 Å². The molecule has 1 aromatic rings. The van der Waals surface area contributed by atoms with Crippen LogP contribution in [0.1, 0.15) is 37.9 Å². The number of alkyl halides is 1. The summed E-state index contributed by atoms with van der Waals surface area (Å²) in [6.07, 6.45) is 8.67. The molecule has 0 N–H and O–H groups in total. The van der Waals surface area contributed by atoms with Gasteiger partial charge in [0.15, 0.2) is 0 Å². The third-order valence-electron chi connectivity index (χ3n) is 3.81. The van der Waals surface area contributed by atoms with Crippen molar-refractivity contribution in [3.05, 3.63) is 24.2 Å². The van der Waals surface area contributed by atoms with Crippen molar-refractivity contribution in [3.63, 3.8) is 0 Å². The van der Waals surface area contributed by atoms with Crippen molar-refractivity contribution in [1.82, 2.24) is 4.90 Å². The molecule has 0 amide bonds. The minimum Gasteiger partial charge on any atom is -0.468 e. The first kappa shape index (κ1) is 13.2. The van der Waals surface area contributed by atoms with Gasteiger partial charge in [0, 0.05) is 11.9 Å². The van der Waals surface area contributed by atoms with Crippen LogP contribution in [0.5, 0.6) is 0 Å². The molecule has 1 aromatic heterocycles. The summed E-state index contributed by atoms with van der Waals surface area (Å²) in [4.78, 5) is 2.39. The van der Waals surface area contributed by atoms with Gasteiger partial charge in [0.1, 0.15) is 5.76 Å². The number of nitrogens with zero attached hydrogens (tertiary/aromatic N) is 1. The molecule has 1 aliphatic carbocycles. The average Bonchev–Trinajstić information content (AvgIpc) is 2.83. The van der Waals surface area contributed by atoms with Crippen molar-refractivity contribution >= 4 is 15.9 Å². The standard InChI is InChI=1S/C14H22BrNO/c1-16(10-13-6-5-9-17-13)12-14(11-15)7-3-2-4-8-14/h5-6,9H,2-4,7-8,10-12H2,1H3. The predicted octanol–water partition coefficient (Wildman–Crippen LogP) is 4.06.